The lowest BCUT2D eigenvalue weighted by molar-refractivity contribution is -0.138. The van der Waals surface area contributed by atoms with Crippen LogP contribution in [0.4, 0.5) is 0 Å². The molecule has 1 amide bonds. The number of hydrogen-bond donors (Lipinski definition) is 1. The number of hydrogen-bond acceptors (Lipinski definition) is 3. The Kier molecular flexibility index (Phi) is 15.8. The molecule has 0 saturated carbocycles. The molecule has 1 N–H and O–H groups in total. The highest BCUT2D eigenvalue weighted by Gasteiger charge is 2.49. The van der Waals surface area contributed by atoms with Gasteiger partial charge in [-0.05, 0) is 60.4 Å². The minimum Gasteiger partial charge on any atom is -0.407 e. The van der Waals surface area contributed by atoms with Gasteiger partial charge in [0.15, 0.2) is 0 Å². The highest BCUT2D eigenvalue weighted by Crippen LogP contribution is 2.36. The monoisotopic (exact) mass is 563 g/mol. The standard InChI is InChI=1S/C35H53NO3Si/c1-5-6-17-28-33(37)34(38)36-29-22-13-11-9-7-8-10-12-14-23-30-39-40(35(2,3)4,31-24-18-15-19-25-31)32-26-20-16-21-27-32/h7,9,15-16,18-21,24-27H,5-6,8,10-14,17,22-23,28-30H2,1-4H3,(H,36,38)/b9-7-. The predicted molar refractivity (Wildman–Crippen MR) is 172 cm³/mol. The second-order valence-corrected chi connectivity index (χ2v) is 16.1. The van der Waals surface area contributed by atoms with Crippen molar-refractivity contribution in [1.82, 2.24) is 5.32 Å². The van der Waals surface area contributed by atoms with E-state index in [0.29, 0.717) is 13.0 Å². The largest absolute Gasteiger partial charge is 0.407 e. The summed E-state index contributed by atoms with van der Waals surface area (Å²) in [6, 6.07) is 21.7. The molecular formula is C35H53NO3Si. The summed E-state index contributed by atoms with van der Waals surface area (Å²) in [6.07, 6.45) is 16.5. The Morgan fingerprint density at radius 3 is 1.85 bits per heavy atom. The first kappa shape index (κ1) is 33.7. The third-order valence-electron chi connectivity index (χ3n) is 7.51. The molecule has 0 aliphatic heterocycles. The molecule has 5 heteroatoms. The number of allylic oxidation sites excluding steroid dienone is 2. The van der Waals surface area contributed by atoms with E-state index in [1.807, 2.05) is 0 Å². The van der Waals surface area contributed by atoms with E-state index in [1.54, 1.807) is 0 Å². The summed E-state index contributed by atoms with van der Waals surface area (Å²) >= 11 is 0. The molecule has 0 atom stereocenters. The molecular weight excluding hydrogens is 510 g/mol. The van der Waals surface area contributed by atoms with Crippen LogP contribution in [0.5, 0.6) is 0 Å². The van der Waals surface area contributed by atoms with Crippen LogP contribution in [0.3, 0.4) is 0 Å². The number of benzene rings is 2. The Balaban J connectivity index is 1.64. The molecule has 0 fully saturated rings. The van der Waals surface area contributed by atoms with Crippen LogP contribution in [0.15, 0.2) is 72.8 Å². The van der Waals surface area contributed by atoms with Gasteiger partial charge in [0.2, 0.25) is 5.78 Å². The summed E-state index contributed by atoms with van der Waals surface area (Å²) in [5, 5.41) is 5.48. The van der Waals surface area contributed by atoms with E-state index >= 15 is 0 Å². The molecule has 0 aliphatic rings. The van der Waals surface area contributed by atoms with Crippen molar-refractivity contribution >= 4 is 30.4 Å². The first-order chi connectivity index (χ1) is 19.3. The molecule has 0 heterocycles. The van der Waals surface area contributed by atoms with Gasteiger partial charge in [-0.2, -0.15) is 0 Å². The Labute approximate surface area is 245 Å². The molecule has 0 unspecified atom stereocenters. The first-order valence-corrected chi connectivity index (χ1v) is 17.4. The van der Waals surface area contributed by atoms with E-state index in [1.165, 1.54) is 29.6 Å². The van der Waals surface area contributed by atoms with E-state index in [2.05, 4.69) is 106 Å². The van der Waals surface area contributed by atoms with Gasteiger partial charge in [0.25, 0.3) is 14.2 Å². The molecule has 0 aliphatic carbocycles. The van der Waals surface area contributed by atoms with Crippen LogP contribution in [0.2, 0.25) is 5.04 Å². The average Bonchev–Trinajstić information content (AvgIpc) is 2.95. The van der Waals surface area contributed by atoms with Crippen LogP contribution in [-0.4, -0.2) is 33.2 Å². The number of nitrogens with one attached hydrogen (secondary N) is 1. The quantitative estimate of drug-likeness (QED) is 0.0785. The molecule has 220 valence electrons. The molecule has 0 radical (unpaired) electrons. The van der Waals surface area contributed by atoms with Crippen LogP contribution < -0.4 is 15.7 Å². The normalized spacial score (nSPS) is 12.1. The van der Waals surface area contributed by atoms with E-state index in [4.69, 9.17) is 4.43 Å². The fraction of sp³-hybridized carbons (Fsp3) is 0.543. The fourth-order valence-electron chi connectivity index (χ4n) is 5.28. The lowest BCUT2D eigenvalue weighted by atomic mass is 10.1. The Morgan fingerprint density at radius 2 is 1.30 bits per heavy atom. The van der Waals surface area contributed by atoms with Gasteiger partial charge in [-0.3, -0.25) is 9.59 Å². The third-order valence-corrected chi connectivity index (χ3v) is 12.6. The number of ketones is 1. The first-order valence-electron chi connectivity index (χ1n) is 15.5. The van der Waals surface area contributed by atoms with Crippen LogP contribution in [0.25, 0.3) is 0 Å². The summed E-state index contributed by atoms with van der Waals surface area (Å²) < 4.78 is 6.99. The van der Waals surface area contributed by atoms with Crippen molar-refractivity contribution in [1.29, 1.82) is 0 Å². The smallest absolute Gasteiger partial charge is 0.287 e. The maximum atomic E-state index is 11.8. The summed E-state index contributed by atoms with van der Waals surface area (Å²) in [6.45, 7) is 10.5. The number of amides is 1. The lowest BCUT2D eigenvalue weighted by Gasteiger charge is -2.43. The molecule has 0 bridgehead atoms. The minimum absolute atomic E-state index is 0.0256. The van der Waals surface area contributed by atoms with Gasteiger partial charge in [-0.1, -0.05) is 126 Å². The zero-order chi connectivity index (χ0) is 29.1. The molecule has 4 nitrogen and oxygen atoms in total. The fourth-order valence-corrected chi connectivity index (χ4v) is 9.88. The van der Waals surface area contributed by atoms with Crippen molar-refractivity contribution in [2.45, 2.75) is 110 Å². The van der Waals surface area contributed by atoms with Crippen molar-refractivity contribution < 1.29 is 14.0 Å². The predicted octanol–water partition coefficient (Wildman–Crippen LogP) is 7.51. The van der Waals surface area contributed by atoms with Gasteiger partial charge in [0, 0.05) is 19.6 Å². The maximum Gasteiger partial charge on any atom is 0.287 e. The average molecular weight is 564 g/mol. The SMILES string of the molecule is CCCCCC(=O)C(=O)NCCCC/C=C\CCCCCCO[Si](c1ccccc1)(c1ccccc1)C(C)(C)C. The van der Waals surface area contributed by atoms with Crippen LogP contribution in [0.1, 0.15) is 105 Å². The molecule has 2 aromatic carbocycles. The van der Waals surface area contributed by atoms with Gasteiger partial charge >= 0.3 is 0 Å². The topological polar surface area (TPSA) is 55.4 Å². The molecule has 0 spiro atoms. The van der Waals surface area contributed by atoms with Gasteiger partial charge in [-0.15, -0.1) is 0 Å². The minimum atomic E-state index is -2.42. The van der Waals surface area contributed by atoms with Crippen molar-refractivity contribution in [2.75, 3.05) is 13.2 Å². The van der Waals surface area contributed by atoms with E-state index in [-0.39, 0.29) is 10.8 Å². The summed E-state index contributed by atoms with van der Waals surface area (Å²) in [7, 11) is -2.42. The molecule has 2 aromatic rings. The van der Waals surface area contributed by atoms with Crippen molar-refractivity contribution in [3.05, 3.63) is 72.8 Å². The van der Waals surface area contributed by atoms with Gasteiger partial charge in [-0.25, -0.2) is 0 Å². The van der Waals surface area contributed by atoms with Crippen molar-refractivity contribution in [3.63, 3.8) is 0 Å². The zero-order valence-electron chi connectivity index (χ0n) is 25.6. The number of Topliss-reactive ketones (excluding diaryl/α,β-unsaturated/α-hetero) is 1. The molecule has 40 heavy (non-hydrogen) atoms. The van der Waals surface area contributed by atoms with Gasteiger partial charge < -0.3 is 9.74 Å². The van der Waals surface area contributed by atoms with E-state index in [9.17, 15) is 9.59 Å². The third kappa shape index (κ3) is 11.2. The number of unbranched alkanes of at least 4 members (excludes halogenated alkanes) is 8. The molecule has 0 saturated heterocycles. The van der Waals surface area contributed by atoms with Crippen molar-refractivity contribution in [3.8, 4) is 0 Å². The van der Waals surface area contributed by atoms with Crippen LogP contribution in [-0.2, 0) is 14.0 Å². The van der Waals surface area contributed by atoms with Crippen molar-refractivity contribution in [2.24, 2.45) is 0 Å². The number of carbonyl (C=O) groups excluding carboxylic acids is 2. The second kappa shape index (κ2) is 18.8. The second-order valence-electron chi connectivity index (χ2n) is 11.8. The van der Waals surface area contributed by atoms with E-state index < -0.39 is 14.2 Å². The highest BCUT2D eigenvalue weighted by atomic mass is 28.4. The van der Waals surface area contributed by atoms with Gasteiger partial charge in [0.05, 0.1) is 0 Å². The van der Waals surface area contributed by atoms with Crippen LogP contribution >= 0.6 is 0 Å². The number of rotatable bonds is 20. The summed E-state index contributed by atoms with van der Waals surface area (Å²) in [4.78, 5) is 23.5. The van der Waals surface area contributed by atoms with Gasteiger partial charge in [0.1, 0.15) is 0 Å². The Bertz CT molecular complexity index is 959. The lowest BCUT2D eigenvalue weighted by Crippen LogP contribution is -2.66. The zero-order valence-corrected chi connectivity index (χ0v) is 26.6. The summed E-state index contributed by atoms with van der Waals surface area (Å²) in [5.41, 5.74) is 0. The number of carbonyl (C=O) groups is 2. The highest BCUT2D eigenvalue weighted by molar-refractivity contribution is 6.99. The van der Waals surface area contributed by atoms with E-state index in [0.717, 1.165) is 58.0 Å². The molecule has 2 rings (SSSR count). The maximum absolute atomic E-state index is 11.8. The van der Waals surface area contributed by atoms with Crippen LogP contribution in [0, 0.1) is 0 Å². The molecule has 0 aromatic heterocycles. The summed E-state index contributed by atoms with van der Waals surface area (Å²) in [5.74, 6) is -0.688. The Morgan fingerprint density at radius 1 is 0.750 bits per heavy atom. The Hall–Kier alpha value is -2.50.